The van der Waals surface area contributed by atoms with Crippen LogP contribution in [0.4, 0.5) is 9.59 Å². The molecule has 0 rings (SSSR count). The molecule has 4 amide bonds. The molecular formula is C5H12BN6O3P. The number of hydrogen-bond donors (Lipinski definition) is 5. The molecule has 0 bridgehead atoms. The minimum absolute atomic E-state index is 0.0952. The Morgan fingerprint density at radius 2 is 2.06 bits per heavy atom. The molecule has 0 aliphatic heterocycles. The van der Waals surface area contributed by atoms with E-state index in [2.05, 4.69) is 29.9 Å². The summed E-state index contributed by atoms with van der Waals surface area (Å²) >= 11 is 0. The summed E-state index contributed by atoms with van der Waals surface area (Å²) in [6.45, 7) is -0.0871. The first-order chi connectivity index (χ1) is 7.70. The fourth-order valence-corrected chi connectivity index (χ4v) is 0.600. The molecule has 0 aromatic rings. The van der Waals surface area contributed by atoms with E-state index in [9.17, 15) is 9.59 Å². The zero-order valence-electron chi connectivity index (χ0n) is 8.30. The van der Waals surface area contributed by atoms with Crippen LogP contribution in [0.5, 0.6) is 0 Å². The molecule has 9 nitrogen and oxygen atoms in total. The molecule has 0 saturated heterocycles. The molecule has 0 aliphatic carbocycles. The van der Waals surface area contributed by atoms with E-state index >= 15 is 0 Å². The van der Waals surface area contributed by atoms with Crippen molar-refractivity contribution < 1.29 is 14.7 Å². The van der Waals surface area contributed by atoms with Gasteiger partial charge in [0.15, 0.2) is 0 Å². The van der Waals surface area contributed by atoms with Gasteiger partial charge in [-0.25, -0.2) is 0 Å². The summed E-state index contributed by atoms with van der Waals surface area (Å²) in [5, 5.41) is 14.1. The summed E-state index contributed by atoms with van der Waals surface area (Å²) in [5.74, 6) is 0. The van der Waals surface area contributed by atoms with Crippen LogP contribution in [0.15, 0.2) is 9.77 Å². The Bertz CT molecular complexity index is 285. The molecule has 0 aromatic heterocycles. The van der Waals surface area contributed by atoms with Crippen molar-refractivity contribution >= 4 is 34.6 Å². The summed E-state index contributed by atoms with van der Waals surface area (Å²) < 4.78 is 3.51. The number of hydrogen-bond acceptors (Lipinski definition) is 5. The van der Waals surface area contributed by atoms with Crippen LogP contribution in [-0.2, 0) is 0 Å². The Morgan fingerprint density at radius 1 is 1.38 bits per heavy atom. The van der Waals surface area contributed by atoms with Gasteiger partial charge in [-0.1, -0.05) is 0 Å². The van der Waals surface area contributed by atoms with Crippen molar-refractivity contribution in [1.82, 2.24) is 21.6 Å². The van der Waals surface area contributed by atoms with Crippen molar-refractivity contribution in [3.8, 4) is 0 Å². The second kappa shape index (κ2) is 10.00. The zero-order valence-corrected chi connectivity index (χ0v) is 9.46. The number of aliphatic hydroxyl groups excluding tert-OH is 1. The Kier molecular flexibility index (Phi) is 9.04. The first-order valence-corrected chi connectivity index (χ1v) is 4.68. The molecule has 0 fully saturated rings. The van der Waals surface area contributed by atoms with Gasteiger partial charge in [0.1, 0.15) is 0 Å². The molecular weight excluding hydrogens is 234 g/mol. The van der Waals surface area contributed by atoms with Crippen molar-refractivity contribution in [2.45, 2.75) is 0 Å². The van der Waals surface area contributed by atoms with Gasteiger partial charge < -0.3 is 0 Å². The average Bonchev–Trinajstić information content (AvgIpc) is 2.29. The third-order valence-electron chi connectivity index (χ3n) is 1.08. The molecule has 11 heteroatoms. The maximum absolute atomic E-state index is 10.9. The molecule has 0 spiro atoms. The summed E-state index contributed by atoms with van der Waals surface area (Å²) in [6, 6.07) is -1.35. The van der Waals surface area contributed by atoms with E-state index in [0.29, 0.717) is 0 Å². The van der Waals surface area contributed by atoms with Crippen LogP contribution in [0, 0.1) is 0 Å². The molecule has 0 aliphatic rings. The van der Waals surface area contributed by atoms with Crippen LogP contribution in [0.3, 0.4) is 0 Å². The Morgan fingerprint density at radius 3 is 2.69 bits per heavy atom. The molecule has 0 saturated carbocycles. The zero-order chi connectivity index (χ0) is 12.2. The van der Waals surface area contributed by atoms with Gasteiger partial charge in [0.2, 0.25) is 0 Å². The molecule has 1 unspecified atom stereocenters. The van der Waals surface area contributed by atoms with Gasteiger partial charge in [0.25, 0.3) is 0 Å². The van der Waals surface area contributed by atoms with Gasteiger partial charge in [-0.05, 0) is 0 Å². The molecule has 5 N–H and O–H groups in total. The van der Waals surface area contributed by atoms with Crippen LogP contribution < -0.4 is 21.6 Å². The predicted molar refractivity (Wildman–Crippen MR) is 61.7 cm³/mol. The Labute approximate surface area is 94.6 Å². The molecule has 88 valence electrons. The van der Waals surface area contributed by atoms with Crippen LogP contribution in [-0.4, -0.2) is 43.5 Å². The molecule has 0 heterocycles. The number of carbonyl (C=O) groups is 2. The van der Waals surface area contributed by atoms with Gasteiger partial charge >= 0.3 is 93.8 Å². The molecule has 16 heavy (non-hydrogen) atoms. The normalized spacial score (nSPS) is 9.88. The van der Waals surface area contributed by atoms with Crippen LogP contribution >= 0.6 is 9.39 Å². The topological polar surface area (TPSA) is 127 Å². The summed E-state index contributed by atoms with van der Waals surface area (Å²) in [5.41, 5.74) is 6.09. The van der Waals surface area contributed by atoms with Crippen LogP contribution in [0.1, 0.15) is 0 Å². The Hall–Kier alpha value is -1.54. The number of hydrazine groups is 1. The second-order valence-corrected chi connectivity index (χ2v) is 2.54. The van der Waals surface area contributed by atoms with Crippen molar-refractivity contribution in [3.63, 3.8) is 0 Å². The van der Waals surface area contributed by atoms with E-state index < -0.39 is 12.1 Å². The third kappa shape index (κ3) is 9.04. The van der Waals surface area contributed by atoms with Crippen molar-refractivity contribution in [1.29, 1.82) is 0 Å². The number of carbonyl (C=O) groups excluding carboxylic acids is 2. The van der Waals surface area contributed by atoms with E-state index in [4.69, 9.17) is 5.11 Å². The average molecular weight is 246 g/mol. The second-order valence-electron chi connectivity index (χ2n) is 2.25. The van der Waals surface area contributed by atoms with Gasteiger partial charge in [0, 0.05) is 0 Å². The minimum atomic E-state index is -0.715. The number of urea groups is 2. The summed E-state index contributed by atoms with van der Waals surface area (Å²) in [4.78, 5) is 21.8. The standard InChI is InChI=1S/C5H12BN6O3P/c13-2-1-7-4(14)10-11-5(15)9-8-3-6-12-16/h3,13H,1-2,16H2,(H2,7,10,14)(H2,9,11,15). The molecule has 0 radical (unpaired) electrons. The van der Waals surface area contributed by atoms with E-state index in [-0.39, 0.29) is 13.2 Å². The van der Waals surface area contributed by atoms with Gasteiger partial charge in [0.05, 0.1) is 0 Å². The number of hydrazone groups is 1. The number of nitrogens with one attached hydrogen (secondary N) is 4. The predicted octanol–water partition coefficient (Wildman–Crippen LogP) is -1.89. The van der Waals surface area contributed by atoms with Crippen molar-refractivity contribution in [3.05, 3.63) is 0 Å². The van der Waals surface area contributed by atoms with Crippen molar-refractivity contribution in [2.24, 2.45) is 9.77 Å². The van der Waals surface area contributed by atoms with Gasteiger partial charge in [-0.2, -0.15) is 0 Å². The van der Waals surface area contributed by atoms with E-state index in [1.54, 1.807) is 0 Å². The number of aliphatic hydroxyl groups is 1. The number of nitrogens with zero attached hydrogens (tertiary/aromatic N) is 2. The molecule has 1 atom stereocenters. The first kappa shape index (κ1) is 14.5. The van der Waals surface area contributed by atoms with Crippen LogP contribution in [0.25, 0.3) is 0 Å². The van der Waals surface area contributed by atoms with Gasteiger partial charge in [-0.15, -0.1) is 0 Å². The quantitative estimate of drug-likeness (QED) is 0.172. The summed E-state index contributed by atoms with van der Waals surface area (Å²) in [6.07, 6.45) is 1.25. The first-order valence-electron chi connectivity index (χ1n) is 4.16. The van der Waals surface area contributed by atoms with E-state index in [1.807, 2.05) is 10.9 Å². The maximum atomic E-state index is 10.9. The van der Waals surface area contributed by atoms with Gasteiger partial charge in [-0.3, -0.25) is 0 Å². The number of rotatable bonds is 4. The van der Waals surface area contributed by atoms with Crippen molar-refractivity contribution in [2.75, 3.05) is 13.2 Å². The fourth-order valence-electron chi connectivity index (χ4n) is 0.523. The third-order valence-corrected chi connectivity index (χ3v) is 1.25. The van der Waals surface area contributed by atoms with Crippen LogP contribution in [0.2, 0.25) is 0 Å². The number of amides is 4. The van der Waals surface area contributed by atoms with E-state index in [0.717, 1.165) is 0 Å². The summed E-state index contributed by atoms with van der Waals surface area (Å²) in [7, 11) is 3.43. The Balaban J connectivity index is 3.60. The monoisotopic (exact) mass is 246 g/mol. The molecule has 0 aromatic carbocycles. The fraction of sp³-hybridized carbons (Fsp3) is 0.400. The SMILES string of the molecule is O=C(NCCO)NNC(=O)NN=C/B=N/P. The van der Waals surface area contributed by atoms with E-state index in [1.165, 1.54) is 13.2 Å².